The molecule has 2 amide bonds. The number of benzene rings is 2. The van der Waals surface area contributed by atoms with Crippen LogP contribution in [0.5, 0.6) is 0 Å². The van der Waals surface area contributed by atoms with E-state index in [2.05, 4.69) is 21.7 Å². The van der Waals surface area contributed by atoms with E-state index in [1.54, 1.807) is 0 Å². The Morgan fingerprint density at radius 2 is 1.71 bits per heavy atom. The van der Waals surface area contributed by atoms with Crippen LogP contribution >= 0.6 is 11.3 Å². The molecule has 3 rings (SSSR count). The van der Waals surface area contributed by atoms with Gasteiger partial charge >= 0.3 is 6.03 Å². The van der Waals surface area contributed by atoms with E-state index in [1.165, 1.54) is 16.9 Å². The fraction of sp³-hybridized carbons (Fsp3) is 0.125. The SMILES string of the molecule is Cc1ccc(C)c2sc(NC(=O)Nc3ccccc3)nc12. The molecule has 0 aliphatic rings. The van der Waals surface area contributed by atoms with Crippen molar-refractivity contribution >= 4 is 38.4 Å². The fourth-order valence-electron chi connectivity index (χ4n) is 2.09. The third-order valence-electron chi connectivity index (χ3n) is 3.19. The van der Waals surface area contributed by atoms with E-state index in [0.717, 1.165) is 21.5 Å². The lowest BCUT2D eigenvalue weighted by atomic mass is 10.1. The molecule has 0 atom stereocenters. The predicted octanol–water partition coefficient (Wildman–Crippen LogP) is 4.56. The fourth-order valence-corrected chi connectivity index (χ4v) is 3.10. The first-order valence-electron chi connectivity index (χ1n) is 6.63. The summed E-state index contributed by atoms with van der Waals surface area (Å²) >= 11 is 1.49. The largest absolute Gasteiger partial charge is 0.325 e. The predicted molar refractivity (Wildman–Crippen MR) is 88.2 cm³/mol. The molecule has 0 saturated heterocycles. The highest BCUT2D eigenvalue weighted by molar-refractivity contribution is 7.22. The van der Waals surface area contributed by atoms with E-state index in [0.29, 0.717) is 5.13 Å². The molecule has 0 saturated carbocycles. The first-order chi connectivity index (χ1) is 10.1. The van der Waals surface area contributed by atoms with Gasteiger partial charge in [-0.15, -0.1) is 0 Å². The summed E-state index contributed by atoms with van der Waals surface area (Å²) in [4.78, 5) is 16.5. The quantitative estimate of drug-likeness (QED) is 0.728. The van der Waals surface area contributed by atoms with E-state index in [4.69, 9.17) is 0 Å². The number of carbonyl (C=O) groups is 1. The summed E-state index contributed by atoms with van der Waals surface area (Å²) in [5.74, 6) is 0. The highest BCUT2D eigenvalue weighted by atomic mass is 32.1. The third kappa shape index (κ3) is 2.87. The van der Waals surface area contributed by atoms with Crippen LogP contribution in [0.15, 0.2) is 42.5 Å². The molecule has 0 aliphatic heterocycles. The number of nitrogens with zero attached hydrogens (tertiary/aromatic N) is 1. The number of hydrogen-bond acceptors (Lipinski definition) is 3. The van der Waals surface area contributed by atoms with E-state index in [-0.39, 0.29) is 6.03 Å². The molecule has 5 heteroatoms. The van der Waals surface area contributed by atoms with Crippen molar-refractivity contribution in [1.82, 2.24) is 4.98 Å². The van der Waals surface area contributed by atoms with Crippen molar-refractivity contribution in [2.24, 2.45) is 0 Å². The number of carbonyl (C=O) groups excluding carboxylic acids is 1. The first-order valence-corrected chi connectivity index (χ1v) is 7.45. The van der Waals surface area contributed by atoms with Crippen molar-refractivity contribution in [3.05, 3.63) is 53.6 Å². The maximum Gasteiger partial charge on any atom is 0.325 e. The number of fused-ring (bicyclic) bond motifs is 1. The number of para-hydroxylation sites is 1. The molecular formula is C16H15N3OS. The van der Waals surface area contributed by atoms with Gasteiger partial charge in [0.2, 0.25) is 0 Å². The average Bonchev–Trinajstić information content (AvgIpc) is 2.89. The van der Waals surface area contributed by atoms with Crippen LogP contribution in [0.25, 0.3) is 10.2 Å². The number of aromatic nitrogens is 1. The summed E-state index contributed by atoms with van der Waals surface area (Å²) in [7, 11) is 0. The second kappa shape index (κ2) is 5.54. The standard InChI is InChI=1S/C16H15N3OS/c1-10-8-9-11(2)14-13(10)18-16(21-14)19-15(20)17-12-6-4-3-5-7-12/h3-9H,1-2H3,(H2,17,18,19,20). The summed E-state index contributed by atoms with van der Waals surface area (Å²) in [5.41, 5.74) is 3.99. The lowest BCUT2D eigenvalue weighted by Gasteiger charge is -2.04. The van der Waals surface area contributed by atoms with E-state index >= 15 is 0 Å². The van der Waals surface area contributed by atoms with Crippen molar-refractivity contribution in [1.29, 1.82) is 0 Å². The summed E-state index contributed by atoms with van der Waals surface area (Å²) in [6.07, 6.45) is 0. The number of amides is 2. The van der Waals surface area contributed by atoms with Crippen LogP contribution in [0, 0.1) is 13.8 Å². The average molecular weight is 297 g/mol. The monoisotopic (exact) mass is 297 g/mol. The second-order valence-electron chi connectivity index (χ2n) is 4.84. The zero-order valence-corrected chi connectivity index (χ0v) is 12.6. The number of aryl methyl sites for hydroxylation is 2. The van der Waals surface area contributed by atoms with Gasteiger partial charge in [-0.1, -0.05) is 41.7 Å². The Balaban J connectivity index is 1.80. The molecule has 0 aliphatic carbocycles. The van der Waals surface area contributed by atoms with Gasteiger partial charge in [-0.05, 0) is 37.1 Å². The van der Waals surface area contributed by atoms with Crippen molar-refractivity contribution in [3.63, 3.8) is 0 Å². The summed E-state index contributed by atoms with van der Waals surface area (Å²) in [5, 5.41) is 6.18. The van der Waals surface area contributed by atoms with E-state index in [9.17, 15) is 4.79 Å². The van der Waals surface area contributed by atoms with Gasteiger partial charge in [-0.2, -0.15) is 0 Å². The van der Waals surface area contributed by atoms with Crippen molar-refractivity contribution in [2.45, 2.75) is 13.8 Å². The normalized spacial score (nSPS) is 10.6. The van der Waals surface area contributed by atoms with Gasteiger partial charge in [-0.25, -0.2) is 9.78 Å². The minimum Gasteiger partial charge on any atom is -0.308 e. The van der Waals surface area contributed by atoms with Crippen LogP contribution in [-0.4, -0.2) is 11.0 Å². The van der Waals surface area contributed by atoms with Gasteiger partial charge in [-0.3, -0.25) is 5.32 Å². The molecule has 0 fully saturated rings. The van der Waals surface area contributed by atoms with Crippen molar-refractivity contribution in [2.75, 3.05) is 10.6 Å². The molecular weight excluding hydrogens is 282 g/mol. The maximum atomic E-state index is 12.0. The molecule has 0 spiro atoms. The molecule has 4 nitrogen and oxygen atoms in total. The van der Waals surface area contributed by atoms with Gasteiger partial charge in [0, 0.05) is 5.69 Å². The molecule has 106 valence electrons. The number of hydrogen-bond donors (Lipinski definition) is 2. The summed E-state index contributed by atoms with van der Waals surface area (Å²) in [6, 6.07) is 13.2. The van der Waals surface area contributed by atoms with Crippen LogP contribution in [0.2, 0.25) is 0 Å². The maximum absolute atomic E-state index is 12.0. The van der Waals surface area contributed by atoms with Crippen LogP contribution in [0.4, 0.5) is 15.6 Å². The number of anilines is 2. The zero-order chi connectivity index (χ0) is 14.8. The Bertz CT molecular complexity index is 757. The molecule has 1 aromatic heterocycles. The molecule has 3 aromatic rings. The van der Waals surface area contributed by atoms with Gasteiger partial charge in [0.1, 0.15) is 0 Å². The Labute approximate surface area is 126 Å². The van der Waals surface area contributed by atoms with Crippen LogP contribution < -0.4 is 10.6 Å². The third-order valence-corrected chi connectivity index (χ3v) is 4.30. The number of urea groups is 1. The molecule has 0 radical (unpaired) electrons. The second-order valence-corrected chi connectivity index (χ2v) is 5.84. The van der Waals surface area contributed by atoms with Crippen LogP contribution in [-0.2, 0) is 0 Å². The summed E-state index contributed by atoms with van der Waals surface area (Å²) < 4.78 is 1.12. The minimum atomic E-state index is -0.282. The van der Waals surface area contributed by atoms with Crippen molar-refractivity contribution in [3.8, 4) is 0 Å². The molecule has 0 unspecified atom stereocenters. The first kappa shape index (κ1) is 13.6. The Hall–Kier alpha value is -2.40. The van der Waals surface area contributed by atoms with Crippen LogP contribution in [0.3, 0.4) is 0 Å². The lowest BCUT2D eigenvalue weighted by molar-refractivity contribution is 0.262. The van der Waals surface area contributed by atoms with Gasteiger partial charge in [0.05, 0.1) is 10.2 Å². The number of rotatable bonds is 2. The lowest BCUT2D eigenvalue weighted by Crippen LogP contribution is -2.19. The Morgan fingerprint density at radius 1 is 1.00 bits per heavy atom. The molecule has 2 N–H and O–H groups in total. The molecule has 0 bridgehead atoms. The Kier molecular flexibility index (Phi) is 3.58. The topological polar surface area (TPSA) is 54.0 Å². The highest BCUT2D eigenvalue weighted by Crippen LogP contribution is 2.30. The van der Waals surface area contributed by atoms with Crippen LogP contribution in [0.1, 0.15) is 11.1 Å². The minimum absolute atomic E-state index is 0.282. The van der Waals surface area contributed by atoms with Gasteiger partial charge < -0.3 is 5.32 Å². The molecule has 1 heterocycles. The Morgan fingerprint density at radius 3 is 2.43 bits per heavy atom. The zero-order valence-electron chi connectivity index (χ0n) is 11.8. The van der Waals surface area contributed by atoms with Gasteiger partial charge in [0.15, 0.2) is 5.13 Å². The highest BCUT2D eigenvalue weighted by Gasteiger charge is 2.10. The number of nitrogens with one attached hydrogen (secondary N) is 2. The smallest absolute Gasteiger partial charge is 0.308 e. The molecule has 21 heavy (non-hydrogen) atoms. The van der Waals surface area contributed by atoms with E-state index in [1.807, 2.05) is 50.2 Å². The van der Waals surface area contributed by atoms with Crippen molar-refractivity contribution < 1.29 is 4.79 Å². The summed E-state index contributed by atoms with van der Waals surface area (Å²) in [6.45, 7) is 4.07. The molecule has 2 aromatic carbocycles. The van der Waals surface area contributed by atoms with Gasteiger partial charge in [0.25, 0.3) is 0 Å². The van der Waals surface area contributed by atoms with E-state index < -0.39 is 0 Å². The number of thiazole rings is 1.